The summed E-state index contributed by atoms with van der Waals surface area (Å²) in [4.78, 5) is 18.2. The van der Waals surface area contributed by atoms with Crippen molar-refractivity contribution in [3.8, 4) is 0 Å². The van der Waals surface area contributed by atoms with Gasteiger partial charge in [0.2, 0.25) is 5.91 Å². The number of benzene rings is 1. The molecule has 2 aromatic rings. The van der Waals surface area contributed by atoms with Crippen LogP contribution >= 0.6 is 0 Å². The van der Waals surface area contributed by atoms with Gasteiger partial charge >= 0.3 is 0 Å². The molecule has 3 heteroatoms. The van der Waals surface area contributed by atoms with Crippen LogP contribution in [0.5, 0.6) is 0 Å². The van der Waals surface area contributed by atoms with Crippen molar-refractivity contribution in [2.45, 2.75) is 59.9 Å². The van der Waals surface area contributed by atoms with E-state index in [0.717, 1.165) is 19.5 Å². The van der Waals surface area contributed by atoms with E-state index in [1.165, 1.54) is 27.7 Å². The number of aromatic amines is 1. The molecule has 0 saturated heterocycles. The standard InChI is InChI=1S/C20H28N2O/c1-19(2,3)13-7-8-16-14(11-13)15-12-22(10-9-17(15)21-16)18(23)20(4,5)6/h7-8,11,21H,9-10,12H2,1-6H3. The number of nitrogens with zero attached hydrogens (tertiary/aromatic N) is 1. The normalized spacial score (nSPS) is 15.8. The molecule has 1 aromatic carbocycles. The monoisotopic (exact) mass is 312 g/mol. The summed E-state index contributed by atoms with van der Waals surface area (Å²) in [7, 11) is 0. The fourth-order valence-electron chi connectivity index (χ4n) is 3.33. The minimum absolute atomic E-state index is 0.133. The zero-order chi connectivity index (χ0) is 17.0. The number of nitrogens with one attached hydrogen (secondary N) is 1. The lowest BCUT2D eigenvalue weighted by Gasteiger charge is -2.32. The molecule has 124 valence electrons. The number of hydrogen-bond acceptors (Lipinski definition) is 1. The Morgan fingerprint density at radius 3 is 2.43 bits per heavy atom. The summed E-state index contributed by atoms with van der Waals surface area (Å²) in [5, 5.41) is 1.28. The molecule has 23 heavy (non-hydrogen) atoms. The molecule has 0 radical (unpaired) electrons. The summed E-state index contributed by atoms with van der Waals surface area (Å²) in [5.74, 6) is 0.240. The zero-order valence-corrected chi connectivity index (χ0v) is 15.2. The van der Waals surface area contributed by atoms with Gasteiger partial charge < -0.3 is 9.88 Å². The highest BCUT2D eigenvalue weighted by molar-refractivity contribution is 5.87. The van der Waals surface area contributed by atoms with Crippen LogP contribution in [-0.4, -0.2) is 22.3 Å². The number of carbonyl (C=O) groups is 1. The maximum absolute atomic E-state index is 12.6. The number of hydrogen-bond donors (Lipinski definition) is 1. The molecule has 0 fully saturated rings. The predicted molar refractivity (Wildman–Crippen MR) is 95.6 cm³/mol. The summed E-state index contributed by atoms with van der Waals surface area (Å²) in [6, 6.07) is 6.70. The van der Waals surface area contributed by atoms with Crippen molar-refractivity contribution >= 4 is 16.8 Å². The summed E-state index contributed by atoms with van der Waals surface area (Å²) >= 11 is 0. The van der Waals surface area contributed by atoms with E-state index in [9.17, 15) is 4.79 Å². The smallest absolute Gasteiger partial charge is 0.228 e. The molecule has 0 bridgehead atoms. The van der Waals surface area contributed by atoms with Gasteiger partial charge in [0.05, 0.1) is 0 Å². The van der Waals surface area contributed by atoms with Crippen molar-refractivity contribution < 1.29 is 4.79 Å². The Morgan fingerprint density at radius 1 is 1.13 bits per heavy atom. The van der Waals surface area contributed by atoms with Crippen LogP contribution in [0, 0.1) is 5.41 Å². The van der Waals surface area contributed by atoms with Crippen molar-refractivity contribution in [2.75, 3.05) is 6.54 Å². The van der Waals surface area contributed by atoms with Crippen LogP contribution in [-0.2, 0) is 23.2 Å². The van der Waals surface area contributed by atoms with E-state index in [1.807, 2.05) is 25.7 Å². The summed E-state index contributed by atoms with van der Waals surface area (Å²) in [6.07, 6.45) is 0.913. The second-order valence-electron chi connectivity index (χ2n) is 8.82. The molecule has 0 aliphatic carbocycles. The molecule has 1 amide bonds. The van der Waals surface area contributed by atoms with E-state index in [-0.39, 0.29) is 16.7 Å². The lowest BCUT2D eigenvalue weighted by molar-refractivity contribution is -0.140. The molecule has 0 saturated carbocycles. The van der Waals surface area contributed by atoms with E-state index < -0.39 is 0 Å². The Bertz CT molecular complexity index is 756. The first-order valence-electron chi connectivity index (χ1n) is 8.51. The second kappa shape index (κ2) is 5.12. The fraction of sp³-hybridized carbons (Fsp3) is 0.550. The van der Waals surface area contributed by atoms with Crippen molar-refractivity contribution in [3.63, 3.8) is 0 Å². The van der Waals surface area contributed by atoms with Crippen LogP contribution < -0.4 is 0 Å². The van der Waals surface area contributed by atoms with E-state index in [0.29, 0.717) is 0 Å². The molecule has 1 aromatic heterocycles. The van der Waals surface area contributed by atoms with Crippen LogP contribution in [0.15, 0.2) is 18.2 Å². The maximum atomic E-state index is 12.6. The number of rotatable bonds is 0. The number of H-pyrrole nitrogens is 1. The minimum Gasteiger partial charge on any atom is -0.358 e. The largest absolute Gasteiger partial charge is 0.358 e. The molecule has 3 nitrogen and oxygen atoms in total. The van der Waals surface area contributed by atoms with E-state index in [4.69, 9.17) is 0 Å². The Kier molecular flexibility index (Phi) is 3.58. The molecule has 0 atom stereocenters. The Balaban J connectivity index is 2.02. The van der Waals surface area contributed by atoms with Gasteiger partial charge in [-0.3, -0.25) is 4.79 Å². The highest BCUT2D eigenvalue weighted by Gasteiger charge is 2.31. The Morgan fingerprint density at radius 2 is 1.83 bits per heavy atom. The highest BCUT2D eigenvalue weighted by atomic mass is 16.2. The van der Waals surface area contributed by atoms with Gasteiger partial charge in [0.25, 0.3) is 0 Å². The van der Waals surface area contributed by atoms with E-state index in [1.54, 1.807) is 0 Å². The van der Waals surface area contributed by atoms with Crippen LogP contribution in [0.1, 0.15) is 58.4 Å². The third-order valence-electron chi connectivity index (χ3n) is 4.77. The van der Waals surface area contributed by atoms with Crippen LogP contribution in [0.2, 0.25) is 0 Å². The molecule has 0 unspecified atom stereocenters. The number of fused-ring (bicyclic) bond motifs is 3. The molecular weight excluding hydrogens is 284 g/mol. The van der Waals surface area contributed by atoms with Gasteiger partial charge in [-0.1, -0.05) is 47.6 Å². The van der Waals surface area contributed by atoms with E-state index >= 15 is 0 Å². The first kappa shape index (κ1) is 16.1. The van der Waals surface area contributed by atoms with Gasteiger partial charge in [-0.15, -0.1) is 0 Å². The lowest BCUT2D eigenvalue weighted by Crippen LogP contribution is -2.42. The third kappa shape index (κ3) is 2.89. The molecular formula is C20H28N2O. The minimum atomic E-state index is -0.319. The van der Waals surface area contributed by atoms with Crippen molar-refractivity contribution in [1.82, 2.24) is 9.88 Å². The number of carbonyl (C=O) groups excluding carboxylic acids is 1. The maximum Gasteiger partial charge on any atom is 0.228 e. The van der Waals surface area contributed by atoms with Crippen molar-refractivity contribution in [2.24, 2.45) is 5.41 Å². The predicted octanol–water partition coefficient (Wildman–Crippen LogP) is 4.40. The molecule has 3 rings (SSSR count). The van der Waals surface area contributed by atoms with Crippen LogP contribution in [0.4, 0.5) is 0 Å². The van der Waals surface area contributed by atoms with Gasteiger partial charge in [0, 0.05) is 47.1 Å². The quantitative estimate of drug-likeness (QED) is 0.769. The van der Waals surface area contributed by atoms with Crippen LogP contribution in [0.25, 0.3) is 10.9 Å². The van der Waals surface area contributed by atoms with Gasteiger partial charge in [0.15, 0.2) is 0 Å². The Labute approximate surface area is 139 Å². The van der Waals surface area contributed by atoms with Gasteiger partial charge in [-0.2, -0.15) is 0 Å². The fourth-order valence-corrected chi connectivity index (χ4v) is 3.33. The molecule has 1 aliphatic rings. The topological polar surface area (TPSA) is 36.1 Å². The van der Waals surface area contributed by atoms with Gasteiger partial charge in [0.1, 0.15) is 0 Å². The lowest BCUT2D eigenvalue weighted by atomic mass is 9.86. The first-order valence-corrected chi connectivity index (χ1v) is 8.51. The van der Waals surface area contributed by atoms with Crippen molar-refractivity contribution in [1.29, 1.82) is 0 Å². The number of aromatic nitrogens is 1. The van der Waals surface area contributed by atoms with Crippen LogP contribution in [0.3, 0.4) is 0 Å². The zero-order valence-electron chi connectivity index (χ0n) is 15.2. The summed E-state index contributed by atoms with van der Waals surface area (Å²) in [6.45, 7) is 14.2. The average molecular weight is 312 g/mol. The molecule has 1 aliphatic heterocycles. The third-order valence-corrected chi connectivity index (χ3v) is 4.77. The van der Waals surface area contributed by atoms with Gasteiger partial charge in [-0.05, 0) is 23.1 Å². The average Bonchev–Trinajstić information content (AvgIpc) is 2.81. The summed E-state index contributed by atoms with van der Waals surface area (Å²) in [5.41, 5.74) is 4.94. The second-order valence-corrected chi connectivity index (χ2v) is 8.82. The molecule has 0 spiro atoms. The van der Waals surface area contributed by atoms with Crippen molar-refractivity contribution in [3.05, 3.63) is 35.0 Å². The van der Waals surface area contributed by atoms with Gasteiger partial charge in [-0.25, -0.2) is 0 Å². The molecule has 1 N–H and O–H groups in total. The SMILES string of the molecule is CC(C)(C)C(=O)N1CCc2[nH]c3ccc(C(C)(C)C)cc3c2C1. The van der Waals surface area contributed by atoms with E-state index in [2.05, 4.69) is 44.0 Å². The number of amides is 1. The summed E-state index contributed by atoms with van der Waals surface area (Å²) < 4.78 is 0. The first-order chi connectivity index (χ1) is 10.6. The highest BCUT2D eigenvalue weighted by Crippen LogP contribution is 2.33. The Hall–Kier alpha value is -1.77. The molecule has 2 heterocycles.